The molecule has 2 aliphatic rings. The number of nitrogens with zero attached hydrogens (tertiary/aromatic N) is 1. The molecule has 0 amide bonds. The Bertz CT molecular complexity index is 419. The van der Waals surface area contributed by atoms with Gasteiger partial charge in [-0.25, -0.2) is 0 Å². The highest BCUT2D eigenvalue weighted by Crippen LogP contribution is 2.50. The van der Waals surface area contributed by atoms with Gasteiger partial charge < -0.3 is 28.5 Å². The minimum Gasteiger partial charge on any atom is -1.00 e. The van der Waals surface area contributed by atoms with Crippen LogP contribution in [0.1, 0.15) is 38.2 Å². The summed E-state index contributed by atoms with van der Waals surface area (Å²) in [6.07, 6.45) is 5.58. The van der Waals surface area contributed by atoms with Gasteiger partial charge >= 0.3 is 0 Å². The number of halogens is 2. The van der Waals surface area contributed by atoms with Crippen molar-refractivity contribution >= 4 is 11.6 Å². The Hall–Kier alpha value is 0.200. The zero-order valence-corrected chi connectivity index (χ0v) is 14.6. The van der Waals surface area contributed by atoms with Crippen LogP contribution in [0, 0.1) is 0 Å². The first-order valence-electron chi connectivity index (χ1n) is 7.29. The molecule has 1 aromatic rings. The Morgan fingerprint density at radius 1 is 1.11 bits per heavy atom. The molecule has 0 N–H and O–H groups in total. The molecule has 0 atom stereocenters. The third kappa shape index (κ3) is 3.11. The summed E-state index contributed by atoms with van der Waals surface area (Å²) in [6, 6.07) is 8.60. The predicted octanol–water partition coefficient (Wildman–Crippen LogP) is 1.01. The number of hydrogen-bond donors (Lipinski definition) is 0. The van der Waals surface area contributed by atoms with E-state index in [0.717, 1.165) is 5.02 Å². The van der Waals surface area contributed by atoms with E-state index in [2.05, 4.69) is 31.2 Å². The molecule has 2 fully saturated rings. The minimum atomic E-state index is 0. The molecular weight excluding hydrogens is 369 g/mol. The van der Waals surface area contributed by atoms with E-state index >= 15 is 0 Å². The topological polar surface area (TPSA) is 0 Å². The molecule has 1 aromatic carbocycles. The maximum absolute atomic E-state index is 6.00. The molecule has 3 heteroatoms. The molecule has 1 saturated carbocycles. The highest BCUT2D eigenvalue weighted by molar-refractivity contribution is 6.30. The Morgan fingerprint density at radius 3 is 2.16 bits per heavy atom. The van der Waals surface area contributed by atoms with Crippen LogP contribution in [0.4, 0.5) is 0 Å². The van der Waals surface area contributed by atoms with Crippen molar-refractivity contribution in [2.75, 3.05) is 26.2 Å². The summed E-state index contributed by atoms with van der Waals surface area (Å²) in [5, 5.41) is 0.857. The molecule has 1 saturated heterocycles. The van der Waals surface area contributed by atoms with Crippen LogP contribution in [0.2, 0.25) is 5.02 Å². The van der Waals surface area contributed by atoms with Crippen LogP contribution in [0.3, 0.4) is 0 Å². The Balaban J connectivity index is 0.00000133. The van der Waals surface area contributed by atoms with E-state index < -0.39 is 0 Å². The maximum atomic E-state index is 6.00. The van der Waals surface area contributed by atoms with E-state index in [9.17, 15) is 0 Å². The monoisotopic (exact) mass is 391 g/mol. The number of rotatable bonds is 4. The van der Waals surface area contributed by atoms with Crippen molar-refractivity contribution in [3.05, 3.63) is 34.9 Å². The van der Waals surface area contributed by atoms with Crippen molar-refractivity contribution in [3.8, 4) is 0 Å². The first-order valence-corrected chi connectivity index (χ1v) is 7.67. The van der Waals surface area contributed by atoms with Crippen molar-refractivity contribution in [1.82, 2.24) is 0 Å². The molecule has 3 rings (SSSR count). The second-order valence-corrected chi connectivity index (χ2v) is 6.69. The Labute approximate surface area is 138 Å². The molecule has 0 spiro atoms. The summed E-state index contributed by atoms with van der Waals surface area (Å²) in [5.74, 6) is 0. The number of likely N-dealkylation sites (tertiary alicyclic amines) is 1. The van der Waals surface area contributed by atoms with Gasteiger partial charge in [0.2, 0.25) is 0 Å². The summed E-state index contributed by atoms with van der Waals surface area (Å²) in [5.41, 5.74) is 2.00. The quantitative estimate of drug-likeness (QED) is 0.531. The fourth-order valence-electron chi connectivity index (χ4n) is 3.73. The highest BCUT2D eigenvalue weighted by atomic mass is 127. The average Bonchev–Trinajstić information content (AvgIpc) is 3.00. The minimum absolute atomic E-state index is 0. The highest BCUT2D eigenvalue weighted by Gasteiger charge is 2.51. The van der Waals surface area contributed by atoms with E-state index in [1.54, 1.807) is 0 Å². The third-order valence-electron chi connectivity index (χ3n) is 5.13. The maximum Gasteiger partial charge on any atom is 0.0884 e. The van der Waals surface area contributed by atoms with Crippen LogP contribution in [0.5, 0.6) is 0 Å². The second-order valence-electron chi connectivity index (χ2n) is 6.26. The molecule has 0 radical (unpaired) electrons. The predicted molar refractivity (Wildman–Crippen MR) is 77.0 cm³/mol. The third-order valence-corrected chi connectivity index (χ3v) is 5.39. The summed E-state index contributed by atoms with van der Waals surface area (Å²) >= 11 is 6.00. The van der Waals surface area contributed by atoms with Gasteiger partial charge in [-0.3, -0.25) is 0 Å². The molecule has 1 nitrogen and oxygen atoms in total. The van der Waals surface area contributed by atoms with Gasteiger partial charge in [0, 0.05) is 23.3 Å². The van der Waals surface area contributed by atoms with Crippen LogP contribution in [0.15, 0.2) is 24.3 Å². The molecule has 106 valence electrons. The molecule has 1 heterocycles. The molecular formula is C16H23ClIN. The van der Waals surface area contributed by atoms with Gasteiger partial charge in [0.05, 0.1) is 26.2 Å². The lowest BCUT2D eigenvalue weighted by atomic mass is 9.94. The first kappa shape index (κ1) is 15.6. The number of likely N-dealkylation sites (N-methyl/N-ethyl adjacent to an activating group) is 1. The van der Waals surface area contributed by atoms with E-state index in [1.165, 1.54) is 61.9 Å². The van der Waals surface area contributed by atoms with Crippen molar-refractivity contribution in [2.45, 2.75) is 38.0 Å². The SMILES string of the molecule is CC[N+]1(CC2(c3ccc(Cl)cc3)CC2)CCCC1.[I-]. The second kappa shape index (κ2) is 5.90. The van der Waals surface area contributed by atoms with Crippen LogP contribution < -0.4 is 24.0 Å². The summed E-state index contributed by atoms with van der Waals surface area (Å²) < 4.78 is 1.35. The lowest BCUT2D eigenvalue weighted by Crippen LogP contribution is -3.00. The standard InChI is InChI=1S/C16H23ClN.HI/c1-2-18(11-3-4-12-18)13-16(9-10-16)14-5-7-15(17)8-6-14;/h5-8H,2-4,9-13H2,1H3;1H/q+1;/p-1. The Kier molecular flexibility index (Phi) is 4.84. The smallest absolute Gasteiger partial charge is 0.0884 e. The Morgan fingerprint density at radius 2 is 1.68 bits per heavy atom. The summed E-state index contributed by atoms with van der Waals surface area (Å²) in [7, 11) is 0. The first-order chi connectivity index (χ1) is 8.68. The van der Waals surface area contributed by atoms with Gasteiger partial charge in [0.25, 0.3) is 0 Å². The van der Waals surface area contributed by atoms with Crippen LogP contribution >= 0.6 is 11.6 Å². The average molecular weight is 392 g/mol. The van der Waals surface area contributed by atoms with Crippen molar-refractivity contribution in [1.29, 1.82) is 0 Å². The van der Waals surface area contributed by atoms with Gasteiger partial charge in [0.1, 0.15) is 0 Å². The van der Waals surface area contributed by atoms with Crippen LogP contribution in [0.25, 0.3) is 0 Å². The van der Waals surface area contributed by atoms with Gasteiger partial charge in [-0.2, -0.15) is 0 Å². The van der Waals surface area contributed by atoms with Crippen LogP contribution in [-0.4, -0.2) is 30.7 Å². The number of benzene rings is 1. The van der Waals surface area contributed by atoms with E-state index in [0.29, 0.717) is 5.41 Å². The molecule has 19 heavy (non-hydrogen) atoms. The van der Waals surface area contributed by atoms with Crippen LogP contribution in [-0.2, 0) is 5.41 Å². The number of quaternary nitrogens is 1. The lowest BCUT2D eigenvalue weighted by Gasteiger charge is -2.37. The van der Waals surface area contributed by atoms with Gasteiger partial charge in [0.15, 0.2) is 0 Å². The molecule has 0 unspecified atom stereocenters. The lowest BCUT2D eigenvalue weighted by molar-refractivity contribution is -0.917. The van der Waals surface area contributed by atoms with Crippen molar-refractivity contribution in [3.63, 3.8) is 0 Å². The van der Waals surface area contributed by atoms with Gasteiger partial charge in [-0.05, 0) is 37.5 Å². The molecule has 1 aliphatic heterocycles. The molecule has 1 aliphatic carbocycles. The summed E-state index contributed by atoms with van der Waals surface area (Å²) in [6.45, 7) is 7.81. The summed E-state index contributed by atoms with van der Waals surface area (Å²) in [4.78, 5) is 0. The number of hydrogen-bond acceptors (Lipinski definition) is 0. The fraction of sp³-hybridized carbons (Fsp3) is 0.625. The van der Waals surface area contributed by atoms with Gasteiger partial charge in [-0.15, -0.1) is 0 Å². The fourth-order valence-corrected chi connectivity index (χ4v) is 3.85. The normalized spacial score (nSPS) is 22.8. The van der Waals surface area contributed by atoms with Gasteiger partial charge in [-0.1, -0.05) is 23.7 Å². The van der Waals surface area contributed by atoms with E-state index in [4.69, 9.17) is 11.6 Å². The molecule has 0 bridgehead atoms. The van der Waals surface area contributed by atoms with E-state index in [1.807, 2.05) is 0 Å². The van der Waals surface area contributed by atoms with Crippen molar-refractivity contribution < 1.29 is 28.5 Å². The zero-order chi connectivity index (χ0) is 12.6. The largest absolute Gasteiger partial charge is 1.00 e. The molecule has 0 aromatic heterocycles. The van der Waals surface area contributed by atoms with E-state index in [-0.39, 0.29) is 24.0 Å². The van der Waals surface area contributed by atoms with Crippen molar-refractivity contribution in [2.24, 2.45) is 0 Å². The zero-order valence-electron chi connectivity index (χ0n) is 11.7.